The van der Waals surface area contributed by atoms with E-state index >= 15 is 0 Å². The lowest BCUT2D eigenvalue weighted by Crippen LogP contribution is -2.28. The lowest BCUT2D eigenvalue weighted by molar-refractivity contribution is -0.121. The highest BCUT2D eigenvalue weighted by molar-refractivity contribution is 7.80. The second-order valence-electron chi connectivity index (χ2n) is 4.72. The van der Waals surface area contributed by atoms with Crippen molar-refractivity contribution in [2.75, 3.05) is 6.54 Å². The van der Waals surface area contributed by atoms with Crippen LogP contribution >= 0.6 is 12.6 Å². The molecule has 0 aliphatic heterocycles. The van der Waals surface area contributed by atoms with Gasteiger partial charge >= 0.3 is 0 Å². The third kappa shape index (κ3) is 4.59. The summed E-state index contributed by atoms with van der Waals surface area (Å²) in [6.45, 7) is 0.499. The van der Waals surface area contributed by atoms with Crippen LogP contribution in [0.5, 0.6) is 0 Å². The largest absolute Gasteiger partial charge is 0.353 e. The fourth-order valence-corrected chi connectivity index (χ4v) is 2.00. The molecule has 0 bridgehead atoms. The van der Waals surface area contributed by atoms with Crippen LogP contribution in [0.2, 0.25) is 0 Å². The summed E-state index contributed by atoms with van der Waals surface area (Å²) in [4.78, 5) is 23.9. The molecule has 1 aliphatic carbocycles. The number of carbonyl (C=O) groups is 2. The molecule has 5 heteroatoms. The Morgan fingerprint density at radius 3 is 2.68 bits per heavy atom. The molecule has 0 aromatic heterocycles. The Kier molecular flexibility index (Phi) is 4.85. The number of amides is 2. The third-order valence-corrected chi connectivity index (χ3v) is 3.35. The zero-order valence-electron chi connectivity index (χ0n) is 10.7. The lowest BCUT2D eigenvalue weighted by Gasteiger charge is -2.07. The first-order valence-corrected chi connectivity index (χ1v) is 6.97. The molecule has 2 N–H and O–H groups in total. The van der Waals surface area contributed by atoms with E-state index in [2.05, 4.69) is 23.3 Å². The van der Waals surface area contributed by atoms with E-state index in [1.54, 1.807) is 18.2 Å². The molecule has 19 heavy (non-hydrogen) atoms. The molecule has 102 valence electrons. The molecule has 1 aromatic rings. The van der Waals surface area contributed by atoms with Gasteiger partial charge < -0.3 is 10.6 Å². The predicted octanol–water partition coefficient (Wildman–Crippen LogP) is 1.76. The molecule has 0 unspecified atom stereocenters. The van der Waals surface area contributed by atoms with Crippen LogP contribution in [0, 0.1) is 0 Å². The molecule has 2 amide bonds. The van der Waals surface area contributed by atoms with Crippen LogP contribution in [-0.4, -0.2) is 24.4 Å². The first kappa shape index (κ1) is 13.9. The predicted molar refractivity (Wildman–Crippen MR) is 76.4 cm³/mol. The summed E-state index contributed by atoms with van der Waals surface area (Å²) >= 11 is 4.23. The first-order chi connectivity index (χ1) is 9.16. The van der Waals surface area contributed by atoms with Crippen molar-refractivity contribution in [2.24, 2.45) is 0 Å². The van der Waals surface area contributed by atoms with Gasteiger partial charge in [0, 0.05) is 23.9 Å². The Bertz CT molecular complexity index is 472. The van der Waals surface area contributed by atoms with Crippen LogP contribution in [0.1, 0.15) is 36.0 Å². The number of carbonyl (C=O) groups excluding carboxylic acids is 2. The molecule has 1 aromatic carbocycles. The summed E-state index contributed by atoms with van der Waals surface area (Å²) in [6.07, 6.45) is 3.31. The normalized spacial score (nSPS) is 13.9. The number of hydrogen-bond acceptors (Lipinski definition) is 3. The van der Waals surface area contributed by atoms with Gasteiger partial charge in [0.25, 0.3) is 5.91 Å². The molecule has 0 saturated heterocycles. The van der Waals surface area contributed by atoms with Gasteiger partial charge in [-0.25, -0.2) is 0 Å². The fourth-order valence-electron chi connectivity index (χ4n) is 1.74. The zero-order chi connectivity index (χ0) is 13.7. The standard InChI is InChI=1S/C14H18N2O2S/c17-13(16-10-7-8-10)6-3-9-15-14(18)11-4-1-2-5-12(11)19/h1-2,4-5,10,19H,3,6-9H2,(H,15,18)(H,16,17). The Hall–Kier alpha value is -1.49. The number of hydrogen-bond donors (Lipinski definition) is 3. The van der Waals surface area contributed by atoms with Crippen LogP contribution < -0.4 is 10.6 Å². The average molecular weight is 278 g/mol. The summed E-state index contributed by atoms with van der Waals surface area (Å²) in [5.74, 6) is -0.0699. The maximum atomic E-state index is 11.8. The van der Waals surface area contributed by atoms with Crippen molar-refractivity contribution < 1.29 is 9.59 Å². The summed E-state index contributed by atoms with van der Waals surface area (Å²) < 4.78 is 0. The van der Waals surface area contributed by atoms with Gasteiger partial charge in [0.2, 0.25) is 5.91 Å². The van der Waals surface area contributed by atoms with Crippen molar-refractivity contribution in [1.29, 1.82) is 0 Å². The second kappa shape index (κ2) is 6.61. The van der Waals surface area contributed by atoms with Crippen molar-refractivity contribution in [3.8, 4) is 0 Å². The van der Waals surface area contributed by atoms with Gasteiger partial charge in [0.15, 0.2) is 0 Å². The highest BCUT2D eigenvalue weighted by Gasteiger charge is 2.22. The third-order valence-electron chi connectivity index (χ3n) is 2.96. The van der Waals surface area contributed by atoms with Crippen LogP contribution in [0.15, 0.2) is 29.2 Å². The van der Waals surface area contributed by atoms with Gasteiger partial charge in [-0.05, 0) is 31.4 Å². The summed E-state index contributed by atoms with van der Waals surface area (Å²) in [6, 6.07) is 7.55. The maximum absolute atomic E-state index is 11.8. The van der Waals surface area contributed by atoms with Gasteiger partial charge in [0.1, 0.15) is 0 Å². The highest BCUT2D eigenvalue weighted by atomic mass is 32.1. The van der Waals surface area contributed by atoms with Crippen LogP contribution in [0.25, 0.3) is 0 Å². The van der Waals surface area contributed by atoms with Crippen LogP contribution in [0.4, 0.5) is 0 Å². The van der Waals surface area contributed by atoms with Gasteiger partial charge in [0.05, 0.1) is 5.56 Å². The van der Waals surface area contributed by atoms with Crippen molar-refractivity contribution in [3.05, 3.63) is 29.8 Å². The Labute approximate surface area is 118 Å². The molecule has 1 saturated carbocycles. The van der Waals surface area contributed by atoms with E-state index in [0.29, 0.717) is 35.9 Å². The number of benzene rings is 1. The minimum Gasteiger partial charge on any atom is -0.353 e. The smallest absolute Gasteiger partial charge is 0.252 e. The number of rotatable bonds is 6. The Balaban J connectivity index is 1.66. The van der Waals surface area contributed by atoms with Crippen molar-refractivity contribution >= 4 is 24.4 Å². The van der Waals surface area contributed by atoms with E-state index in [0.717, 1.165) is 12.8 Å². The number of thiol groups is 1. The molecular weight excluding hydrogens is 260 g/mol. The van der Waals surface area contributed by atoms with Crippen LogP contribution in [-0.2, 0) is 4.79 Å². The van der Waals surface area contributed by atoms with Gasteiger partial charge in [-0.2, -0.15) is 0 Å². The highest BCUT2D eigenvalue weighted by Crippen LogP contribution is 2.18. The van der Waals surface area contributed by atoms with E-state index in [1.165, 1.54) is 0 Å². The van der Waals surface area contributed by atoms with Crippen molar-refractivity contribution in [2.45, 2.75) is 36.6 Å². The minimum atomic E-state index is -0.145. The average Bonchev–Trinajstić information content (AvgIpc) is 3.19. The molecular formula is C14H18N2O2S. The van der Waals surface area contributed by atoms with E-state index in [4.69, 9.17) is 0 Å². The summed E-state index contributed by atoms with van der Waals surface area (Å²) in [5.41, 5.74) is 0.563. The first-order valence-electron chi connectivity index (χ1n) is 6.52. The number of nitrogens with one attached hydrogen (secondary N) is 2. The molecule has 0 heterocycles. The minimum absolute atomic E-state index is 0.0753. The summed E-state index contributed by atoms with van der Waals surface area (Å²) in [7, 11) is 0. The summed E-state index contributed by atoms with van der Waals surface area (Å²) in [5, 5.41) is 5.72. The molecule has 0 atom stereocenters. The molecule has 1 fully saturated rings. The molecule has 2 rings (SSSR count). The molecule has 0 spiro atoms. The molecule has 1 aliphatic rings. The quantitative estimate of drug-likeness (QED) is 0.548. The van der Waals surface area contributed by atoms with E-state index in [1.807, 2.05) is 6.07 Å². The fraction of sp³-hybridized carbons (Fsp3) is 0.429. The molecule has 4 nitrogen and oxygen atoms in total. The topological polar surface area (TPSA) is 58.2 Å². The van der Waals surface area contributed by atoms with Crippen LogP contribution in [0.3, 0.4) is 0 Å². The van der Waals surface area contributed by atoms with Gasteiger partial charge in [-0.15, -0.1) is 12.6 Å². The maximum Gasteiger partial charge on any atom is 0.252 e. The Morgan fingerprint density at radius 2 is 2.00 bits per heavy atom. The van der Waals surface area contributed by atoms with E-state index in [-0.39, 0.29) is 11.8 Å². The van der Waals surface area contributed by atoms with Gasteiger partial charge in [-0.3, -0.25) is 9.59 Å². The van der Waals surface area contributed by atoms with E-state index < -0.39 is 0 Å². The van der Waals surface area contributed by atoms with Gasteiger partial charge in [-0.1, -0.05) is 12.1 Å². The molecule has 0 radical (unpaired) electrons. The second-order valence-corrected chi connectivity index (χ2v) is 5.20. The van der Waals surface area contributed by atoms with Crippen molar-refractivity contribution in [3.63, 3.8) is 0 Å². The monoisotopic (exact) mass is 278 g/mol. The Morgan fingerprint density at radius 1 is 1.26 bits per heavy atom. The lowest BCUT2D eigenvalue weighted by atomic mass is 10.2. The van der Waals surface area contributed by atoms with E-state index in [9.17, 15) is 9.59 Å². The van der Waals surface area contributed by atoms with Crippen molar-refractivity contribution in [1.82, 2.24) is 10.6 Å². The zero-order valence-corrected chi connectivity index (χ0v) is 11.6. The SMILES string of the molecule is O=C(CCCNC(=O)c1ccccc1S)NC1CC1.